The molecule has 2 aromatic heterocycles. The van der Waals surface area contributed by atoms with Crippen molar-refractivity contribution in [3.63, 3.8) is 0 Å². The van der Waals surface area contributed by atoms with Crippen molar-refractivity contribution < 1.29 is 32.9 Å². The van der Waals surface area contributed by atoms with Gasteiger partial charge in [0.2, 0.25) is 5.88 Å². The van der Waals surface area contributed by atoms with E-state index in [4.69, 9.17) is 14.5 Å². The van der Waals surface area contributed by atoms with Gasteiger partial charge in [-0.1, -0.05) is 24.3 Å². The molecule has 0 amide bonds. The number of aromatic nitrogens is 3. The van der Waals surface area contributed by atoms with E-state index in [-0.39, 0.29) is 24.2 Å². The molecule has 1 aliphatic rings. The van der Waals surface area contributed by atoms with E-state index >= 15 is 4.39 Å². The highest BCUT2D eigenvalue weighted by Crippen LogP contribution is 2.28. The van der Waals surface area contributed by atoms with Crippen molar-refractivity contribution in [2.24, 2.45) is 0 Å². The monoisotopic (exact) mass is 575 g/mol. The lowest BCUT2D eigenvalue weighted by Crippen LogP contribution is -2.17. The summed E-state index contributed by atoms with van der Waals surface area (Å²) in [7, 11) is 0. The second-order valence-electron chi connectivity index (χ2n) is 10.3. The van der Waals surface area contributed by atoms with Crippen LogP contribution in [0.25, 0.3) is 22.3 Å². The van der Waals surface area contributed by atoms with Crippen molar-refractivity contribution in [1.82, 2.24) is 14.5 Å². The van der Waals surface area contributed by atoms with E-state index in [9.17, 15) is 19.0 Å². The van der Waals surface area contributed by atoms with Crippen LogP contribution in [-0.2, 0) is 24.3 Å². The fraction of sp³-hybridized carbons (Fsp3) is 0.250. The van der Waals surface area contributed by atoms with Gasteiger partial charge in [0.15, 0.2) is 17.9 Å². The van der Waals surface area contributed by atoms with Crippen molar-refractivity contribution in [3.8, 4) is 17.1 Å². The molecular weight excluding hydrogens is 547 g/mol. The van der Waals surface area contributed by atoms with Gasteiger partial charge in [0.05, 0.1) is 29.4 Å². The molecule has 7 nitrogen and oxygen atoms in total. The maximum Gasteiger partial charge on any atom is 0.214 e. The zero-order valence-corrected chi connectivity index (χ0v) is 22.5. The number of fused-ring (bicyclic) bond motifs is 1. The first-order chi connectivity index (χ1) is 20.3. The minimum atomic E-state index is -1.60. The van der Waals surface area contributed by atoms with Gasteiger partial charge in [-0.25, -0.2) is 23.1 Å². The normalized spacial score (nSPS) is 15.1. The maximum absolute atomic E-state index is 15.4. The standard InChI is InChI=1S/C32H28F3N3O4/c33-24-10-7-20(14-26(24)35)18-42-31-5-1-4-27(37-31)23-9-6-19(13-25(23)34)15-30-36-28-11-8-21(32(39)40)16-29(28)38(30)17-22-3-2-12-41-22/h1,4-11,13-14,16,22,32,39-40H,2-3,12,15,17-18H2. The number of rotatable bonds is 9. The van der Waals surface area contributed by atoms with E-state index in [1.165, 1.54) is 12.1 Å². The molecule has 1 unspecified atom stereocenters. The lowest BCUT2D eigenvalue weighted by atomic mass is 10.1. The number of ether oxygens (including phenoxy) is 2. The first-order valence-electron chi connectivity index (χ1n) is 13.6. The van der Waals surface area contributed by atoms with E-state index < -0.39 is 23.7 Å². The number of hydrogen-bond acceptors (Lipinski definition) is 6. The molecule has 1 atom stereocenters. The first-order valence-corrected chi connectivity index (χ1v) is 13.6. The minimum absolute atomic E-state index is 0.0191. The molecule has 0 radical (unpaired) electrons. The molecule has 1 fully saturated rings. The molecular formula is C32H28F3N3O4. The molecule has 2 N–H and O–H groups in total. The van der Waals surface area contributed by atoms with Crippen LogP contribution in [0.4, 0.5) is 13.2 Å². The highest BCUT2D eigenvalue weighted by Gasteiger charge is 2.21. The smallest absolute Gasteiger partial charge is 0.214 e. The Balaban J connectivity index is 1.23. The molecule has 0 bridgehead atoms. The quantitative estimate of drug-likeness (QED) is 0.215. The van der Waals surface area contributed by atoms with E-state index in [0.29, 0.717) is 53.3 Å². The van der Waals surface area contributed by atoms with Crippen LogP contribution in [0.1, 0.15) is 41.6 Å². The number of aliphatic hydroxyl groups is 2. The molecule has 42 heavy (non-hydrogen) atoms. The van der Waals surface area contributed by atoms with Gasteiger partial charge in [-0.05, 0) is 66.4 Å². The number of imidazole rings is 1. The summed E-state index contributed by atoms with van der Waals surface area (Å²) in [6.45, 7) is 1.23. The van der Waals surface area contributed by atoms with Gasteiger partial charge in [0.25, 0.3) is 0 Å². The second-order valence-corrected chi connectivity index (χ2v) is 10.3. The molecule has 0 spiro atoms. The molecule has 3 heterocycles. The Morgan fingerprint density at radius 2 is 1.74 bits per heavy atom. The Bertz CT molecular complexity index is 1730. The van der Waals surface area contributed by atoms with Gasteiger partial charge in [-0.2, -0.15) is 0 Å². The third kappa shape index (κ3) is 6.01. The van der Waals surface area contributed by atoms with Crippen molar-refractivity contribution in [3.05, 3.63) is 113 Å². The number of hydrogen-bond donors (Lipinski definition) is 2. The molecule has 1 aliphatic heterocycles. The number of benzene rings is 3. The summed E-state index contributed by atoms with van der Waals surface area (Å²) in [5.74, 6) is -1.44. The van der Waals surface area contributed by atoms with E-state index in [1.54, 1.807) is 42.5 Å². The van der Waals surface area contributed by atoms with Gasteiger partial charge >= 0.3 is 0 Å². The number of aliphatic hydroxyl groups excluding tert-OH is 1. The Kier molecular flexibility index (Phi) is 7.92. The van der Waals surface area contributed by atoms with Gasteiger partial charge < -0.3 is 24.3 Å². The molecule has 10 heteroatoms. The van der Waals surface area contributed by atoms with Gasteiger partial charge in [-0.15, -0.1) is 0 Å². The third-order valence-electron chi connectivity index (χ3n) is 7.33. The van der Waals surface area contributed by atoms with Crippen LogP contribution in [0.2, 0.25) is 0 Å². The fourth-order valence-corrected chi connectivity index (χ4v) is 5.17. The average molecular weight is 576 g/mol. The lowest BCUT2D eigenvalue weighted by molar-refractivity contribution is -0.0424. The van der Waals surface area contributed by atoms with Crippen LogP contribution in [0, 0.1) is 17.5 Å². The Hall–Kier alpha value is -4.25. The first kappa shape index (κ1) is 27.9. The molecule has 216 valence electrons. The van der Waals surface area contributed by atoms with Gasteiger partial charge in [0.1, 0.15) is 18.2 Å². The third-order valence-corrected chi connectivity index (χ3v) is 7.33. The summed E-state index contributed by atoms with van der Waals surface area (Å²) in [6.07, 6.45) is 0.659. The predicted molar refractivity (Wildman–Crippen MR) is 149 cm³/mol. The van der Waals surface area contributed by atoms with Gasteiger partial charge in [-0.3, -0.25) is 0 Å². The summed E-state index contributed by atoms with van der Waals surface area (Å²) < 4.78 is 55.6. The predicted octanol–water partition coefficient (Wildman–Crippen LogP) is 5.85. The Morgan fingerprint density at radius 1 is 0.905 bits per heavy atom. The summed E-state index contributed by atoms with van der Waals surface area (Å²) >= 11 is 0. The van der Waals surface area contributed by atoms with Crippen molar-refractivity contribution in [2.75, 3.05) is 6.61 Å². The lowest BCUT2D eigenvalue weighted by Gasteiger charge is -2.15. The zero-order chi connectivity index (χ0) is 29.2. The second kappa shape index (κ2) is 11.9. The Labute approximate surface area is 239 Å². The van der Waals surface area contributed by atoms with Crippen LogP contribution in [0.15, 0.2) is 72.8 Å². The molecule has 0 aliphatic carbocycles. The van der Waals surface area contributed by atoms with Crippen LogP contribution in [0.3, 0.4) is 0 Å². The molecule has 3 aromatic carbocycles. The van der Waals surface area contributed by atoms with Crippen molar-refractivity contribution in [1.29, 1.82) is 0 Å². The maximum atomic E-state index is 15.4. The average Bonchev–Trinajstić information content (AvgIpc) is 3.62. The zero-order valence-electron chi connectivity index (χ0n) is 22.5. The molecule has 0 saturated carbocycles. The summed E-state index contributed by atoms with van der Waals surface area (Å²) in [5, 5.41) is 19.4. The Morgan fingerprint density at radius 3 is 2.50 bits per heavy atom. The van der Waals surface area contributed by atoms with Crippen LogP contribution in [-0.4, -0.2) is 37.5 Å². The van der Waals surface area contributed by atoms with Crippen LogP contribution in [0.5, 0.6) is 5.88 Å². The highest BCUT2D eigenvalue weighted by molar-refractivity contribution is 5.77. The van der Waals surface area contributed by atoms with Crippen molar-refractivity contribution >= 4 is 11.0 Å². The molecule has 5 aromatic rings. The number of nitrogens with zero attached hydrogens (tertiary/aromatic N) is 3. The number of pyridine rings is 1. The van der Waals surface area contributed by atoms with Crippen molar-refractivity contribution in [2.45, 2.75) is 44.8 Å². The topological polar surface area (TPSA) is 89.6 Å². The molecule has 6 rings (SSSR count). The highest BCUT2D eigenvalue weighted by atomic mass is 19.2. The van der Waals surface area contributed by atoms with Crippen LogP contribution >= 0.6 is 0 Å². The summed E-state index contributed by atoms with van der Waals surface area (Å²) in [4.78, 5) is 9.17. The van der Waals surface area contributed by atoms with Crippen LogP contribution < -0.4 is 4.74 Å². The van der Waals surface area contributed by atoms with Gasteiger partial charge in [0, 0.05) is 30.2 Å². The number of halogens is 3. The summed E-state index contributed by atoms with van der Waals surface area (Å²) in [5.41, 5.74) is 3.61. The fourth-order valence-electron chi connectivity index (χ4n) is 5.17. The van der Waals surface area contributed by atoms with E-state index in [1.807, 2.05) is 10.6 Å². The van der Waals surface area contributed by atoms with E-state index in [0.717, 1.165) is 30.5 Å². The molecule has 1 saturated heterocycles. The SMILES string of the molecule is OC(O)c1ccc2nc(Cc3ccc(-c4cccc(OCc5ccc(F)c(F)c5)n4)c(F)c3)n(CC3CCCO3)c2c1. The minimum Gasteiger partial charge on any atom is -0.473 e. The van der Waals surface area contributed by atoms with E-state index in [2.05, 4.69) is 4.98 Å². The largest absolute Gasteiger partial charge is 0.473 e. The summed E-state index contributed by atoms with van der Waals surface area (Å²) in [6, 6.07) is 18.5.